The molecule has 2 aliphatic heterocycles. The van der Waals surface area contributed by atoms with Crippen molar-refractivity contribution < 1.29 is 18.3 Å². The number of halogens is 1. The summed E-state index contributed by atoms with van der Waals surface area (Å²) in [6.45, 7) is 0.819. The van der Waals surface area contributed by atoms with E-state index in [2.05, 4.69) is 4.99 Å². The Morgan fingerprint density at radius 3 is 2.74 bits per heavy atom. The SMILES string of the molecule is CS(=O)(=O)C1=CN(CCO)C(=O)N2CCCN=C12.Cl. The van der Waals surface area contributed by atoms with Crippen LogP contribution in [-0.2, 0) is 9.84 Å². The number of carbonyl (C=O) groups is 1. The molecule has 0 unspecified atom stereocenters. The van der Waals surface area contributed by atoms with E-state index in [1.807, 2.05) is 0 Å². The highest BCUT2D eigenvalue weighted by Crippen LogP contribution is 2.22. The molecular formula is C10H16ClN3O4S. The second kappa shape index (κ2) is 5.89. The standard InChI is InChI=1S/C10H15N3O4S.ClH/c1-18(16,17)8-7-12(5-6-14)10(15)13-4-2-3-11-9(8)13;/h7,14H,2-6H2,1H3;1H. The fraction of sp³-hybridized carbons (Fsp3) is 0.600. The van der Waals surface area contributed by atoms with Gasteiger partial charge >= 0.3 is 6.03 Å². The lowest BCUT2D eigenvalue weighted by Gasteiger charge is -2.36. The van der Waals surface area contributed by atoms with Crippen LogP contribution in [0.3, 0.4) is 0 Å². The monoisotopic (exact) mass is 309 g/mol. The molecule has 0 aliphatic carbocycles. The lowest BCUT2D eigenvalue weighted by Crippen LogP contribution is -2.52. The van der Waals surface area contributed by atoms with Crippen LogP contribution >= 0.6 is 12.4 Å². The normalized spacial score (nSPS) is 19.4. The topological polar surface area (TPSA) is 90.3 Å². The van der Waals surface area contributed by atoms with Crippen molar-refractivity contribution in [1.29, 1.82) is 0 Å². The van der Waals surface area contributed by atoms with Gasteiger partial charge in [0.1, 0.15) is 4.91 Å². The number of fused-ring (bicyclic) bond motifs is 1. The minimum absolute atomic E-state index is 0. The molecule has 2 rings (SSSR count). The molecule has 0 aromatic heterocycles. The Balaban J connectivity index is 0.00000180. The molecule has 2 heterocycles. The lowest BCUT2D eigenvalue weighted by atomic mass is 10.2. The minimum atomic E-state index is -3.46. The molecule has 1 N–H and O–H groups in total. The fourth-order valence-electron chi connectivity index (χ4n) is 1.94. The Hall–Kier alpha value is -1.12. The van der Waals surface area contributed by atoms with E-state index < -0.39 is 9.84 Å². The molecule has 0 spiro atoms. The van der Waals surface area contributed by atoms with Gasteiger partial charge in [-0.1, -0.05) is 0 Å². The van der Waals surface area contributed by atoms with Crippen molar-refractivity contribution in [3.8, 4) is 0 Å². The van der Waals surface area contributed by atoms with Crippen molar-refractivity contribution >= 4 is 34.1 Å². The van der Waals surface area contributed by atoms with Crippen LogP contribution in [0.2, 0.25) is 0 Å². The molecule has 0 saturated carbocycles. The number of amidine groups is 1. The van der Waals surface area contributed by atoms with E-state index in [-0.39, 0.29) is 42.3 Å². The number of rotatable bonds is 3. The van der Waals surface area contributed by atoms with Gasteiger partial charge in [-0.15, -0.1) is 12.4 Å². The summed E-state index contributed by atoms with van der Waals surface area (Å²) < 4.78 is 23.4. The molecule has 2 amide bonds. The average molecular weight is 310 g/mol. The Morgan fingerprint density at radius 1 is 1.47 bits per heavy atom. The Bertz CT molecular complexity index is 529. The highest BCUT2D eigenvalue weighted by molar-refractivity contribution is 7.95. The van der Waals surface area contributed by atoms with Gasteiger partial charge in [0.05, 0.1) is 13.2 Å². The number of carbonyl (C=O) groups excluding carboxylic acids is 1. The van der Waals surface area contributed by atoms with Crippen LogP contribution in [0.25, 0.3) is 0 Å². The highest BCUT2D eigenvalue weighted by atomic mass is 35.5. The molecule has 0 saturated heterocycles. The van der Waals surface area contributed by atoms with Crippen molar-refractivity contribution in [2.45, 2.75) is 6.42 Å². The third-order valence-corrected chi connectivity index (χ3v) is 3.85. The van der Waals surface area contributed by atoms with Gasteiger partial charge in [0.25, 0.3) is 0 Å². The molecule has 9 heteroatoms. The van der Waals surface area contributed by atoms with Gasteiger partial charge in [0.2, 0.25) is 0 Å². The number of urea groups is 1. The van der Waals surface area contributed by atoms with Crippen LogP contribution in [0.15, 0.2) is 16.1 Å². The summed E-state index contributed by atoms with van der Waals surface area (Å²) in [5.41, 5.74) is 0. The largest absolute Gasteiger partial charge is 0.395 e. The van der Waals surface area contributed by atoms with E-state index >= 15 is 0 Å². The van der Waals surface area contributed by atoms with Crippen LogP contribution in [0.4, 0.5) is 4.79 Å². The van der Waals surface area contributed by atoms with Crippen molar-refractivity contribution in [2.24, 2.45) is 4.99 Å². The van der Waals surface area contributed by atoms with E-state index in [0.717, 1.165) is 6.26 Å². The van der Waals surface area contributed by atoms with Gasteiger partial charge < -0.3 is 5.11 Å². The predicted molar refractivity (Wildman–Crippen MR) is 73.0 cm³/mol. The number of hydrogen-bond acceptors (Lipinski definition) is 5. The number of aliphatic imine (C=N–C) groups is 1. The Kier molecular flexibility index (Phi) is 4.94. The number of amides is 2. The van der Waals surface area contributed by atoms with Gasteiger partial charge in [0, 0.05) is 25.5 Å². The van der Waals surface area contributed by atoms with E-state index in [9.17, 15) is 13.2 Å². The molecule has 2 aliphatic rings. The quantitative estimate of drug-likeness (QED) is 0.783. The molecule has 108 valence electrons. The molecule has 0 fully saturated rings. The summed E-state index contributed by atoms with van der Waals surface area (Å²) >= 11 is 0. The number of nitrogens with zero attached hydrogens (tertiary/aromatic N) is 3. The van der Waals surface area contributed by atoms with E-state index in [1.165, 1.54) is 16.0 Å². The van der Waals surface area contributed by atoms with E-state index in [4.69, 9.17) is 5.11 Å². The summed E-state index contributed by atoms with van der Waals surface area (Å²) in [5, 5.41) is 8.90. The second-order valence-electron chi connectivity index (χ2n) is 4.18. The van der Waals surface area contributed by atoms with Crippen molar-refractivity contribution in [2.75, 3.05) is 32.5 Å². The summed E-state index contributed by atoms with van der Waals surface area (Å²) in [5.74, 6) is 0.225. The number of aliphatic hydroxyl groups is 1. The number of β-amino-alcohol motifs (C(OH)–C–C–N with tert-alkyl or cyclic N) is 1. The number of sulfone groups is 1. The minimum Gasteiger partial charge on any atom is -0.395 e. The zero-order chi connectivity index (χ0) is 13.3. The van der Waals surface area contributed by atoms with Crippen molar-refractivity contribution in [3.05, 3.63) is 11.1 Å². The first kappa shape index (κ1) is 15.9. The first-order valence-corrected chi connectivity index (χ1v) is 7.50. The van der Waals surface area contributed by atoms with Gasteiger partial charge in [-0.2, -0.15) is 0 Å². The molecular weight excluding hydrogens is 294 g/mol. The summed E-state index contributed by atoms with van der Waals surface area (Å²) in [4.78, 5) is 18.8. The average Bonchev–Trinajstić information content (AvgIpc) is 2.31. The lowest BCUT2D eigenvalue weighted by molar-refractivity contribution is 0.174. The fourth-order valence-corrected chi connectivity index (χ4v) is 2.77. The Morgan fingerprint density at radius 2 is 2.16 bits per heavy atom. The van der Waals surface area contributed by atoms with E-state index in [1.54, 1.807) is 0 Å². The van der Waals surface area contributed by atoms with Crippen molar-refractivity contribution in [3.63, 3.8) is 0 Å². The predicted octanol–water partition coefficient (Wildman–Crippen LogP) is -0.174. The van der Waals surface area contributed by atoms with Gasteiger partial charge in [-0.3, -0.25) is 14.8 Å². The molecule has 0 aromatic rings. The maximum absolute atomic E-state index is 12.0. The van der Waals surface area contributed by atoms with Crippen LogP contribution in [0, 0.1) is 0 Å². The van der Waals surface area contributed by atoms with Gasteiger partial charge in [-0.25, -0.2) is 13.2 Å². The number of aliphatic hydroxyl groups excluding tert-OH is 1. The van der Waals surface area contributed by atoms with Crippen molar-refractivity contribution in [1.82, 2.24) is 9.80 Å². The molecule has 7 nitrogen and oxygen atoms in total. The molecule has 19 heavy (non-hydrogen) atoms. The van der Waals surface area contributed by atoms with Crippen LogP contribution in [0.1, 0.15) is 6.42 Å². The maximum atomic E-state index is 12.0. The molecule has 0 bridgehead atoms. The summed E-state index contributed by atoms with van der Waals surface area (Å²) in [7, 11) is -3.46. The third kappa shape index (κ3) is 3.07. The van der Waals surface area contributed by atoms with Gasteiger partial charge in [0.15, 0.2) is 15.7 Å². The highest BCUT2D eigenvalue weighted by Gasteiger charge is 2.36. The summed E-state index contributed by atoms with van der Waals surface area (Å²) in [6, 6.07) is -0.338. The Labute approximate surface area is 117 Å². The van der Waals surface area contributed by atoms with Crippen LogP contribution in [0.5, 0.6) is 0 Å². The first-order chi connectivity index (χ1) is 8.45. The first-order valence-electron chi connectivity index (χ1n) is 5.61. The van der Waals surface area contributed by atoms with Crippen LogP contribution < -0.4 is 0 Å². The second-order valence-corrected chi connectivity index (χ2v) is 6.16. The molecule has 0 radical (unpaired) electrons. The smallest absolute Gasteiger partial charge is 0.329 e. The number of hydrogen-bond donors (Lipinski definition) is 1. The third-order valence-electron chi connectivity index (χ3n) is 2.77. The molecule has 0 aromatic carbocycles. The van der Waals surface area contributed by atoms with Crippen LogP contribution in [-0.4, -0.2) is 67.7 Å². The maximum Gasteiger partial charge on any atom is 0.329 e. The zero-order valence-corrected chi connectivity index (χ0v) is 12.1. The summed E-state index contributed by atoms with van der Waals surface area (Å²) in [6.07, 6.45) is 3.05. The van der Waals surface area contributed by atoms with Gasteiger partial charge in [-0.05, 0) is 6.42 Å². The zero-order valence-electron chi connectivity index (χ0n) is 10.4. The molecule has 0 atom stereocenters. The van der Waals surface area contributed by atoms with E-state index in [0.29, 0.717) is 19.5 Å².